The molecule has 1 amide bonds. The third-order valence-corrected chi connectivity index (χ3v) is 4.22. The lowest BCUT2D eigenvalue weighted by atomic mass is 9.92. The molecular weight excluding hydrogens is 248 g/mol. The highest BCUT2D eigenvalue weighted by molar-refractivity contribution is 5.95. The molecule has 1 aromatic rings. The summed E-state index contributed by atoms with van der Waals surface area (Å²) >= 11 is 0. The number of hydrogen-bond donors (Lipinski definition) is 1. The van der Waals surface area contributed by atoms with Crippen molar-refractivity contribution >= 4 is 11.6 Å². The van der Waals surface area contributed by atoms with Crippen LogP contribution in [0.25, 0.3) is 0 Å². The maximum atomic E-state index is 12.0. The molecule has 3 nitrogen and oxygen atoms in total. The Morgan fingerprint density at radius 2 is 2.05 bits per heavy atom. The SMILES string of the molecule is Cc1ccc(C(=O)N(C)C)cc1NC1CCC(C)(C)C1. The van der Waals surface area contributed by atoms with Crippen molar-refractivity contribution in [2.75, 3.05) is 19.4 Å². The molecule has 0 heterocycles. The number of carbonyl (C=O) groups excluding carboxylic acids is 1. The van der Waals surface area contributed by atoms with E-state index in [4.69, 9.17) is 0 Å². The van der Waals surface area contributed by atoms with E-state index in [2.05, 4.69) is 26.1 Å². The number of rotatable bonds is 3. The van der Waals surface area contributed by atoms with Crippen molar-refractivity contribution in [3.63, 3.8) is 0 Å². The summed E-state index contributed by atoms with van der Waals surface area (Å²) in [6.07, 6.45) is 3.66. The molecule has 2 rings (SSSR count). The summed E-state index contributed by atoms with van der Waals surface area (Å²) in [4.78, 5) is 13.7. The second-order valence-corrected chi connectivity index (χ2v) is 6.98. The van der Waals surface area contributed by atoms with E-state index >= 15 is 0 Å². The van der Waals surface area contributed by atoms with Gasteiger partial charge >= 0.3 is 0 Å². The van der Waals surface area contributed by atoms with E-state index in [1.807, 2.05) is 18.2 Å². The number of nitrogens with one attached hydrogen (secondary N) is 1. The van der Waals surface area contributed by atoms with Crippen LogP contribution in [0.15, 0.2) is 18.2 Å². The molecule has 1 aliphatic carbocycles. The van der Waals surface area contributed by atoms with E-state index in [0.717, 1.165) is 11.3 Å². The Morgan fingerprint density at radius 3 is 2.60 bits per heavy atom. The van der Waals surface area contributed by atoms with Gasteiger partial charge in [-0.25, -0.2) is 0 Å². The number of anilines is 1. The van der Waals surface area contributed by atoms with Crippen LogP contribution in [-0.2, 0) is 0 Å². The maximum absolute atomic E-state index is 12.0. The summed E-state index contributed by atoms with van der Waals surface area (Å²) < 4.78 is 0. The van der Waals surface area contributed by atoms with E-state index in [1.165, 1.54) is 24.8 Å². The second-order valence-electron chi connectivity index (χ2n) is 6.98. The fourth-order valence-electron chi connectivity index (χ4n) is 2.95. The lowest BCUT2D eigenvalue weighted by Gasteiger charge is -2.20. The zero-order chi connectivity index (χ0) is 14.9. The Balaban J connectivity index is 2.15. The average Bonchev–Trinajstić information content (AvgIpc) is 2.70. The Bertz CT molecular complexity index is 506. The van der Waals surface area contributed by atoms with E-state index in [1.54, 1.807) is 19.0 Å². The molecular formula is C17H26N2O. The van der Waals surface area contributed by atoms with Crippen molar-refractivity contribution in [2.45, 2.75) is 46.1 Å². The first-order valence-corrected chi connectivity index (χ1v) is 7.37. The highest BCUT2D eigenvalue weighted by Gasteiger charge is 2.30. The van der Waals surface area contributed by atoms with Crippen LogP contribution < -0.4 is 5.32 Å². The van der Waals surface area contributed by atoms with Crippen LogP contribution in [0.4, 0.5) is 5.69 Å². The van der Waals surface area contributed by atoms with Crippen molar-refractivity contribution in [1.29, 1.82) is 0 Å². The molecule has 0 aromatic heterocycles. The lowest BCUT2D eigenvalue weighted by Crippen LogP contribution is -2.22. The largest absolute Gasteiger partial charge is 0.382 e. The molecule has 0 radical (unpaired) electrons. The van der Waals surface area contributed by atoms with Crippen LogP contribution in [-0.4, -0.2) is 30.9 Å². The van der Waals surface area contributed by atoms with Crippen LogP contribution in [0.3, 0.4) is 0 Å². The molecule has 1 unspecified atom stereocenters. The predicted octanol–water partition coefficient (Wildman–Crippen LogP) is 3.69. The normalized spacial score (nSPS) is 20.8. The van der Waals surface area contributed by atoms with Gasteiger partial charge in [0.05, 0.1) is 0 Å². The fourth-order valence-corrected chi connectivity index (χ4v) is 2.95. The van der Waals surface area contributed by atoms with Crippen molar-refractivity contribution in [1.82, 2.24) is 4.90 Å². The van der Waals surface area contributed by atoms with Gasteiger partial charge in [0.15, 0.2) is 0 Å². The minimum Gasteiger partial charge on any atom is -0.382 e. The quantitative estimate of drug-likeness (QED) is 0.911. The first-order chi connectivity index (χ1) is 9.28. The molecule has 0 spiro atoms. The topological polar surface area (TPSA) is 32.3 Å². The molecule has 110 valence electrons. The molecule has 1 saturated carbocycles. The molecule has 1 fully saturated rings. The van der Waals surface area contributed by atoms with Gasteiger partial charge in [-0.3, -0.25) is 4.79 Å². The Morgan fingerprint density at radius 1 is 1.35 bits per heavy atom. The lowest BCUT2D eigenvalue weighted by molar-refractivity contribution is 0.0827. The molecule has 0 saturated heterocycles. The minimum atomic E-state index is 0.0554. The Labute approximate surface area is 122 Å². The summed E-state index contributed by atoms with van der Waals surface area (Å²) in [5.41, 5.74) is 3.48. The standard InChI is InChI=1S/C17H26N2O/c1-12-6-7-13(16(20)19(4)5)10-15(12)18-14-8-9-17(2,3)11-14/h6-7,10,14,18H,8-9,11H2,1-5H3. The highest BCUT2D eigenvalue weighted by Crippen LogP contribution is 2.38. The summed E-state index contributed by atoms with van der Waals surface area (Å²) in [5, 5.41) is 3.63. The first-order valence-electron chi connectivity index (χ1n) is 7.37. The third kappa shape index (κ3) is 3.33. The van der Waals surface area contributed by atoms with E-state index in [0.29, 0.717) is 11.5 Å². The zero-order valence-electron chi connectivity index (χ0n) is 13.3. The van der Waals surface area contributed by atoms with Gasteiger partial charge in [0.25, 0.3) is 5.91 Å². The molecule has 3 heteroatoms. The van der Waals surface area contributed by atoms with Gasteiger partial charge in [-0.05, 0) is 49.3 Å². The second kappa shape index (κ2) is 5.47. The highest BCUT2D eigenvalue weighted by atomic mass is 16.2. The molecule has 1 aromatic carbocycles. The molecule has 1 aliphatic rings. The van der Waals surface area contributed by atoms with Crippen LogP contribution in [0.2, 0.25) is 0 Å². The number of amides is 1. The number of benzene rings is 1. The van der Waals surface area contributed by atoms with Gasteiger partial charge in [0.1, 0.15) is 0 Å². The smallest absolute Gasteiger partial charge is 0.253 e. The van der Waals surface area contributed by atoms with Gasteiger partial charge in [0, 0.05) is 31.4 Å². The van der Waals surface area contributed by atoms with Crippen molar-refractivity contribution < 1.29 is 4.79 Å². The number of nitrogens with zero attached hydrogens (tertiary/aromatic N) is 1. The average molecular weight is 274 g/mol. The van der Waals surface area contributed by atoms with Crippen molar-refractivity contribution in [2.24, 2.45) is 5.41 Å². The zero-order valence-corrected chi connectivity index (χ0v) is 13.3. The Kier molecular flexibility index (Phi) is 4.07. The molecule has 20 heavy (non-hydrogen) atoms. The monoisotopic (exact) mass is 274 g/mol. The first kappa shape index (κ1) is 14.9. The molecule has 1 N–H and O–H groups in total. The fraction of sp³-hybridized carbons (Fsp3) is 0.588. The maximum Gasteiger partial charge on any atom is 0.253 e. The van der Waals surface area contributed by atoms with Crippen LogP contribution in [0, 0.1) is 12.3 Å². The van der Waals surface area contributed by atoms with E-state index in [-0.39, 0.29) is 5.91 Å². The number of hydrogen-bond acceptors (Lipinski definition) is 2. The van der Waals surface area contributed by atoms with Crippen molar-refractivity contribution in [3.8, 4) is 0 Å². The van der Waals surface area contributed by atoms with Gasteiger partial charge < -0.3 is 10.2 Å². The predicted molar refractivity (Wildman–Crippen MR) is 84.2 cm³/mol. The minimum absolute atomic E-state index is 0.0554. The van der Waals surface area contributed by atoms with Gasteiger partial charge in [-0.2, -0.15) is 0 Å². The summed E-state index contributed by atoms with van der Waals surface area (Å²) in [7, 11) is 3.57. The molecule has 0 bridgehead atoms. The molecule has 0 aliphatic heterocycles. The van der Waals surface area contributed by atoms with Crippen molar-refractivity contribution in [3.05, 3.63) is 29.3 Å². The third-order valence-electron chi connectivity index (χ3n) is 4.22. The van der Waals surface area contributed by atoms with E-state index < -0.39 is 0 Å². The van der Waals surface area contributed by atoms with Gasteiger partial charge in [-0.1, -0.05) is 19.9 Å². The number of carbonyl (C=O) groups is 1. The van der Waals surface area contributed by atoms with Gasteiger partial charge in [-0.15, -0.1) is 0 Å². The Hall–Kier alpha value is -1.51. The molecule has 1 atom stereocenters. The summed E-state index contributed by atoms with van der Waals surface area (Å²) in [5.74, 6) is 0.0554. The van der Waals surface area contributed by atoms with Crippen LogP contribution in [0.1, 0.15) is 49.0 Å². The van der Waals surface area contributed by atoms with Crippen LogP contribution >= 0.6 is 0 Å². The summed E-state index contributed by atoms with van der Waals surface area (Å²) in [6, 6.07) is 6.44. The number of aryl methyl sites for hydroxylation is 1. The van der Waals surface area contributed by atoms with E-state index in [9.17, 15) is 4.79 Å². The summed E-state index contributed by atoms with van der Waals surface area (Å²) in [6.45, 7) is 6.74. The van der Waals surface area contributed by atoms with Gasteiger partial charge in [0.2, 0.25) is 0 Å². The van der Waals surface area contributed by atoms with Crippen LogP contribution in [0.5, 0.6) is 0 Å².